The van der Waals surface area contributed by atoms with Crippen LogP contribution < -0.4 is 10.5 Å². The van der Waals surface area contributed by atoms with Crippen LogP contribution in [0.15, 0.2) is 16.6 Å². The third kappa shape index (κ3) is 3.44. The van der Waals surface area contributed by atoms with Gasteiger partial charge in [-0.05, 0) is 34.0 Å². The second-order valence-corrected chi connectivity index (χ2v) is 4.61. The molecule has 0 saturated carbocycles. The van der Waals surface area contributed by atoms with Crippen molar-refractivity contribution in [3.63, 3.8) is 0 Å². The zero-order valence-corrected chi connectivity index (χ0v) is 11.5. The number of nitrogens with two attached hydrogens (primary N) is 1. The van der Waals surface area contributed by atoms with Crippen LogP contribution in [0.2, 0.25) is 0 Å². The van der Waals surface area contributed by atoms with Crippen LogP contribution >= 0.6 is 15.9 Å². The van der Waals surface area contributed by atoms with Crippen LogP contribution in [0, 0.1) is 0 Å². The monoisotopic (exact) mass is 301 g/mol. The van der Waals surface area contributed by atoms with Crippen LogP contribution in [0.25, 0.3) is 0 Å². The van der Waals surface area contributed by atoms with Crippen molar-refractivity contribution in [2.75, 3.05) is 7.11 Å². The SMILES string of the molecule is CCc1cc(Br)c(OC)c(C(N)CC(=O)O)c1. The highest BCUT2D eigenvalue weighted by Crippen LogP contribution is 2.34. The molecule has 1 aromatic rings. The van der Waals surface area contributed by atoms with Crippen molar-refractivity contribution in [3.05, 3.63) is 27.7 Å². The molecule has 1 unspecified atom stereocenters. The first kappa shape index (κ1) is 14.0. The smallest absolute Gasteiger partial charge is 0.305 e. The second-order valence-electron chi connectivity index (χ2n) is 3.76. The lowest BCUT2D eigenvalue weighted by Gasteiger charge is -2.17. The number of carboxylic acid groups (broad SMARTS) is 1. The fraction of sp³-hybridized carbons (Fsp3) is 0.417. The summed E-state index contributed by atoms with van der Waals surface area (Å²) in [5.74, 6) is -0.312. The molecule has 5 heteroatoms. The minimum Gasteiger partial charge on any atom is -0.495 e. The lowest BCUT2D eigenvalue weighted by atomic mass is 10.00. The molecule has 0 amide bonds. The number of rotatable bonds is 5. The number of aliphatic carboxylic acids is 1. The molecule has 1 aromatic carbocycles. The predicted molar refractivity (Wildman–Crippen MR) is 69.3 cm³/mol. The zero-order chi connectivity index (χ0) is 13.0. The van der Waals surface area contributed by atoms with Crippen LogP contribution in [0.5, 0.6) is 5.75 Å². The Morgan fingerprint density at radius 3 is 2.71 bits per heavy atom. The predicted octanol–water partition coefficient (Wildman–Crippen LogP) is 2.49. The summed E-state index contributed by atoms with van der Waals surface area (Å²) in [6.07, 6.45) is 0.741. The topological polar surface area (TPSA) is 72.5 Å². The maximum atomic E-state index is 10.7. The van der Waals surface area contributed by atoms with Crippen LogP contribution in [0.1, 0.15) is 30.5 Å². The van der Waals surface area contributed by atoms with E-state index in [0.717, 1.165) is 22.0 Å². The number of hydrogen-bond acceptors (Lipinski definition) is 3. The summed E-state index contributed by atoms with van der Waals surface area (Å²) < 4.78 is 6.06. The maximum Gasteiger partial charge on any atom is 0.305 e. The quantitative estimate of drug-likeness (QED) is 0.876. The van der Waals surface area contributed by atoms with Gasteiger partial charge in [-0.2, -0.15) is 0 Å². The summed E-state index contributed by atoms with van der Waals surface area (Å²) in [5, 5.41) is 8.77. The molecule has 4 nitrogen and oxygen atoms in total. The van der Waals surface area contributed by atoms with Gasteiger partial charge in [-0.15, -0.1) is 0 Å². The lowest BCUT2D eigenvalue weighted by molar-refractivity contribution is -0.137. The van der Waals surface area contributed by atoms with E-state index >= 15 is 0 Å². The number of aryl methyl sites for hydroxylation is 1. The van der Waals surface area contributed by atoms with Gasteiger partial charge in [0.2, 0.25) is 0 Å². The fourth-order valence-corrected chi connectivity index (χ4v) is 2.35. The van der Waals surface area contributed by atoms with E-state index in [1.165, 1.54) is 0 Å². The van der Waals surface area contributed by atoms with E-state index in [2.05, 4.69) is 15.9 Å². The van der Waals surface area contributed by atoms with E-state index in [1.807, 2.05) is 19.1 Å². The van der Waals surface area contributed by atoms with Crippen molar-refractivity contribution in [1.29, 1.82) is 0 Å². The van der Waals surface area contributed by atoms with E-state index in [-0.39, 0.29) is 6.42 Å². The van der Waals surface area contributed by atoms with Gasteiger partial charge in [0.15, 0.2) is 0 Å². The van der Waals surface area contributed by atoms with E-state index in [0.29, 0.717) is 5.75 Å². The highest BCUT2D eigenvalue weighted by atomic mass is 79.9. The molecule has 0 heterocycles. The largest absolute Gasteiger partial charge is 0.495 e. The molecule has 0 spiro atoms. The molecule has 1 rings (SSSR count). The number of ether oxygens (including phenoxy) is 1. The summed E-state index contributed by atoms with van der Waals surface area (Å²) in [7, 11) is 1.54. The third-order valence-electron chi connectivity index (χ3n) is 2.54. The van der Waals surface area contributed by atoms with E-state index < -0.39 is 12.0 Å². The first-order chi connectivity index (χ1) is 7.99. The maximum absolute atomic E-state index is 10.7. The molecule has 17 heavy (non-hydrogen) atoms. The van der Waals surface area contributed by atoms with Crippen LogP contribution in [0.3, 0.4) is 0 Å². The molecular weight excluding hydrogens is 286 g/mol. The number of halogens is 1. The van der Waals surface area contributed by atoms with Gasteiger partial charge in [0.1, 0.15) is 5.75 Å². The molecule has 0 fully saturated rings. The van der Waals surface area contributed by atoms with E-state index in [1.54, 1.807) is 7.11 Å². The summed E-state index contributed by atoms with van der Waals surface area (Å²) in [6, 6.07) is 3.29. The molecule has 0 bridgehead atoms. The standard InChI is InChI=1S/C12H16BrNO3/c1-3-7-4-8(10(14)6-11(15)16)12(17-2)9(13)5-7/h4-5,10H,3,6,14H2,1-2H3,(H,15,16). The Kier molecular flexibility index (Phi) is 4.96. The Labute approximate surface area is 109 Å². The van der Waals surface area contributed by atoms with Gasteiger partial charge in [0, 0.05) is 11.6 Å². The molecule has 0 radical (unpaired) electrons. The van der Waals surface area contributed by atoms with Crippen LogP contribution in [-0.4, -0.2) is 18.2 Å². The molecular formula is C12H16BrNO3. The summed E-state index contributed by atoms with van der Waals surface area (Å²) in [4.78, 5) is 10.7. The Balaban J connectivity index is 3.18. The first-order valence-corrected chi connectivity index (χ1v) is 6.12. The molecule has 3 N–H and O–H groups in total. The van der Waals surface area contributed by atoms with Crippen molar-refractivity contribution < 1.29 is 14.6 Å². The van der Waals surface area contributed by atoms with Gasteiger partial charge in [-0.25, -0.2) is 0 Å². The molecule has 1 atom stereocenters. The number of benzene rings is 1. The van der Waals surface area contributed by atoms with Gasteiger partial charge >= 0.3 is 5.97 Å². The van der Waals surface area contributed by atoms with Crippen molar-refractivity contribution in [2.24, 2.45) is 5.73 Å². The van der Waals surface area contributed by atoms with E-state index in [4.69, 9.17) is 15.6 Å². The number of methoxy groups -OCH3 is 1. The number of hydrogen-bond donors (Lipinski definition) is 2. The summed E-state index contributed by atoms with van der Waals surface area (Å²) >= 11 is 3.41. The first-order valence-electron chi connectivity index (χ1n) is 5.33. The van der Waals surface area contributed by atoms with Gasteiger partial charge < -0.3 is 15.6 Å². The second kappa shape index (κ2) is 6.02. The Morgan fingerprint density at radius 1 is 1.59 bits per heavy atom. The van der Waals surface area contributed by atoms with Crippen LogP contribution in [-0.2, 0) is 11.2 Å². The molecule has 94 valence electrons. The van der Waals surface area contributed by atoms with Crippen molar-refractivity contribution in [3.8, 4) is 5.75 Å². The fourth-order valence-electron chi connectivity index (χ4n) is 1.67. The van der Waals surface area contributed by atoms with Gasteiger partial charge in [-0.1, -0.05) is 13.0 Å². The molecule has 0 aromatic heterocycles. The lowest BCUT2D eigenvalue weighted by Crippen LogP contribution is -2.16. The van der Waals surface area contributed by atoms with Crippen LogP contribution in [0.4, 0.5) is 0 Å². The minimum absolute atomic E-state index is 0.115. The normalized spacial score (nSPS) is 12.2. The van der Waals surface area contributed by atoms with Gasteiger partial charge in [0.05, 0.1) is 18.0 Å². The minimum atomic E-state index is -0.919. The third-order valence-corrected chi connectivity index (χ3v) is 3.13. The average molecular weight is 302 g/mol. The molecule has 0 aliphatic rings. The van der Waals surface area contributed by atoms with E-state index in [9.17, 15) is 4.79 Å². The van der Waals surface area contributed by atoms with Gasteiger partial charge in [0.25, 0.3) is 0 Å². The van der Waals surface area contributed by atoms with Crippen molar-refractivity contribution in [1.82, 2.24) is 0 Å². The van der Waals surface area contributed by atoms with Crippen molar-refractivity contribution in [2.45, 2.75) is 25.8 Å². The Bertz CT molecular complexity index is 420. The van der Waals surface area contributed by atoms with Crippen molar-refractivity contribution >= 4 is 21.9 Å². The molecule has 0 aliphatic heterocycles. The zero-order valence-electron chi connectivity index (χ0n) is 9.87. The van der Waals surface area contributed by atoms with Gasteiger partial charge in [-0.3, -0.25) is 4.79 Å². The molecule has 0 saturated heterocycles. The number of carboxylic acids is 1. The summed E-state index contributed by atoms with van der Waals surface area (Å²) in [6.45, 7) is 2.03. The highest BCUT2D eigenvalue weighted by molar-refractivity contribution is 9.10. The highest BCUT2D eigenvalue weighted by Gasteiger charge is 2.18. The average Bonchev–Trinajstić information content (AvgIpc) is 2.26. The Hall–Kier alpha value is -1.07. The number of carbonyl (C=O) groups is 1. The summed E-state index contributed by atoms with van der Waals surface area (Å²) in [5.41, 5.74) is 7.70. The Morgan fingerprint density at radius 2 is 2.24 bits per heavy atom. The molecule has 0 aliphatic carbocycles.